The second-order valence-corrected chi connectivity index (χ2v) is 9.71. The van der Waals surface area contributed by atoms with Crippen molar-refractivity contribution in [1.29, 1.82) is 0 Å². The molecular formula is C28H34N8O. The number of benzene rings is 2. The van der Waals surface area contributed by atoms with Crippen molar-refractivity contribution in [1.82, 2.24) is 30.5 Å². The molecule has 3 aromatic rings. The summed E-state index contributed by atoms with van der Waals surface area (Å²) < 4.78 is 0. The molecule has 2 aliphatic rings. The van der Waals surface area contributed by atoms with Gasteiger partial charge in [-0.1, -0.05) is 30.3 Å². The Bertz CT molecular complexity index is 1350. The van der Waals surface area contributed by atoms with Crippen LogP contribution in [0, 0.1) is 0 Å². The maximum absolute atomic E-state index is 13.4. The van der Waals surface area contributed by atoms with Crippen molar-refractivity contribution in [3.63, 3.8) is 0 Å². The van der Waals surface area contributed by atoms with Crippen LogP contribution in [0.2, 0.25) is 0 Å². The molecule has 2 aromatic carbocycles. The number of piperazine rings is 1. The minimum absolute atomic E-state index is 0.00169. The van der Waals surface area contributed by atoms with E-state index in [1.807, 2.05) is 24.3 Å². The number of aromatic nitrogens is 2. The molecule has 1 atom stereocenters. The number of amides is 1. The summed E-state index contributed by atoms with van der Waals surface area (Å²) in [5.74, 6) is 0.344. The number of carbonyl (C=O) groups excluding carboxylic acids is 1. The predicted octanol–water partition coefficient (Wildman–Crippen LogP) is 3.29. The van der Waals surface area contributed by atoms with Crippen LogP contribution >= 0.6 is 0 Å². The van der Waals surface area contributed by atoms with Gasteiger partial charge in [-0.25, -0.2) is 4.98 Å². The Kier molecular flexibility index (Phi) is 6.96. The van der Waals surface area contributed by atoms with Crippen molar-refractivity contribution in [2.75, 3.05) is 45.2 Å². The first-order valence-electron chi connectivity index (χ1n) is 12.6. The van der Waals surface area contributed by atoms with E-state index in [9.17, 15) is 4.79 Å². The van der Waals surface area contributed by atoms with E-state index in [2.05, 4.69) is 75.5 Å². The van der Waals surface area contributed by atoms with Crippen molar-refractivity contribution >= 4 is 34.9 Å². The minimum Gasteiger partial charge on any atom is -0.381 e. The molecule has 1 saturated heterocycles. The lowest BCUT2D eigenvalue weighted by Crippen LogP contribution is -2.44. The third-order valence-corrected chi connectivity index (χ3v) is 7.00. The van der Waals surface area contributed by atoms with Crippen LogP contribution in [0.15, 0.2) is 71.2 Å². The number of hydrogen-bond donors (Lipinski definition) is 3. The molecule has 37 heavy (non-hydrogen) atoms. The Balaban J connectivity index is 1.51. The third-order valence-electron chi connectivity index (χ3n) is 7.00. The van der Waals surface area contributed by atoms with Gasteiger partial charge in [0.2, 0.25) is 0 Å². The van der Waals surface area contributed by atoms with Gasteiger partial charge in [0.05, 0.1) is 11.0 Å². The molecule has 0 aliphatic carbocycles. The fraction of sp³-hybridized carbons (Fsp3) is 0.321. The molecule has 3 N–H and O–H groups in total. The lowest BCUT2D eigenvalue weighted by atomic mass is 10.0. The molecule has 2 aliphatic heterocycles. The van der Waals surface area contributed by atoms with Crippen molar-refractivity contribution in [2.45, 2.75) is 19.4 Å². The maximum Gasteiger partial charge on any atom is 0.261 e. The number of rotatable bonds is 7. The molecule has 192 valence electrons. The molecular weight excluding hydrogens is 464 g/mol. The van der Waals surface area contributed by atoms with Crippen molar-refractivity contribution in [3.8, 4) is 0 Å². The lowest BCUT2D eigenvalue weighted by molar-refractivity contribution is -0.115. The maximum atomic E-state index is 13.4. The van der Waals surface area contributed by atoms with Crippen molar-refractivity contribution in [3.05, 3.63) is 77.5 Å². The Labute approximate surface area is 217 Å². The fourth-order valence-corrected chi connectivity index (χ4v) is 4.85. The van der Waals surface area contributed by atoms with Gasteiger partial charge in [0.25, 0.3) is 5.91 Å². The number of anilines is 1. The number of hydrogen-bond acceptors (Lipinski definition) is 7. The second-order valence-electron chi connectivity index (χ2n) is 9.71. The quantitative estimate of drug-likeness (QED) is 0.342. The fourth-order valence-electron chi connectivity index (χ4n) is 4.85. The van der Waals surface area contributed by atoms with Crippen LogP contribution in [0.5, 0.6) is 0 Å². The highest BCUT2D eigenvalue weighted by molar-refractivity contribution is 6.21. The van der Waals surface area contributed by atoms with Crippen LogP contribution in [0.3, 0.4) is 0 Å². The molecule has 0 spiro atoms. The van der Waals surface area contributed by atoms with Gasteiger partial charge in [-0.05, 0) is 37.7 Å². The standard InChI is InChI=1S/C28H34N8O/c1-19(20-8-6-5-7-9-20)30-25-16-21(18-35(4)29-2)31-28(37)26(25)27-32-23-11-10-22(17-24(23)33-27)36-14-12-34(3)13-15-36/h5-11,17-19,30H,2,12-16H2,1,3-4H3,(H,31,37)(H,32,33)/b21-18+. The SMILES string of the molecule is C=NN(C)/C=C1\CC(NC(C)c2ccccc2)=C(c2nc3ccc(N4CCN(C)CC4)cc3[nH]2)C(=O)N1. The van der Waals surface area contributed by atoms with Gasteiger partial charge in [-0.2, -0.15) is 5.10 Å². The first kappa shape index (κ1) is 24.6. The molecule has 9 nitrogen and oxygen atoms in total. The number of aromatic amines is 1. The highest BCUT2D eigenvalue weighted by Crippen LogP contribution is 2.30. The van der Waals surface area contributed by atoms with Crippen LogP contribution < -0.4 is 15.5 Å². The molecule has 1 amide bonds. The highest BCUT2D eigenvalue weighted by Gasteiger charge is 2.28. The molecule has 5 rings (SSSR count). The Morgan fingerprint density at radius 3 is 2.65 bits per heavy atom. The highest BCUT2D eigenvalue weighted by atomic mass is 16.1. The van der Waals surface area contributed by atoms with Gasteiger partial charge in [0.1, 0.15) is 11.4 Å². The second kappa shape index (κ2) is 10.5. The van der Waals surface area contributed by atoms with Crippen LogP contribution in [0.1, 0.15) is 30.8 Å². The summed E-state index contributed by atoms with van der Waals surface area (Å²) >= 11 is 0. The van der Waals surface area contributed by atoms with Crippen LogP contribution in [-0.2, 0) is 4.79 Å². The molecule has 0 radical (unpaired) electrons. The molecule has 1 fully saturated rings. The van der Waals surface area contributed by atoms with E-state index < -0.39 is 0 Å². The lowest BCUT2D eigenvalue weighted by Gasteiger charge is -2.34. The average molecular weight is 499 g/mol. The van der Waals surface area contributed by atoms with Gasteiger partial charge < -0.3 is 25.4 Å². The largest absolute Gasteiger partial charge is 0.381 e. The van der Waals surface area contributed by atoms with Crippen LogP contribution in [0.25, 0.3) is 16.6 Å². The van der Waals surface area contributed by atoms with Crippen molar-refractivity contribution in [2.24, 2.45) is 5.10 Å². The first-order chi connectivity index (χ1) is 17.9. The number of nitrogens with zero attached hydrogens (tertiary/aromatic N) is 5. The monoisotopic (exact) mass is 498 g/mol. The summed E-state index contributed by atoms with van der Waals surface area (Å²) in [4.78, 5) is 26.4. The summed E-state index contributed by atoms with van der Waals surface area (Å²) in [7, 11) is 3.93. The molecule has 1 aromatic heterocycles. The van der Waals surface area contributed by atoms with E-state index in [0.717, 1.165) is 54.2 Å². The number of H-pyrrole nitrogens is 1. The number of fused-ring (bicyclic) bond motifs is 1. The average Bonchev–Trinajstić information content (AvgIpc) is 3.32. The first-order valence-corrected chi connectivity index (χ1v) is 12.6. The molecule has 3 heterocycles. The third kappa shape index (κ3) is 5.36. The molecule has 0 bridgehead atoms. The van der Waals surface area contributed by atoms with Gasteiger partial charge in [0, 0.05) is 75.7 Å². The van der Waals surface area contributed by atoms with E-state index in [4.69, 9.17) is 4.98 Å². The zero-order valence-electron chi connectivity index (χ0n) is 21.7. The van der Waals surface area contributed by atoms with E-state index in [1.165, 1.54) is 5.69 Å². The van der Waals surface area contributed by atoms with Gasteiger partial charge in [-0.3, -0.25) is 9.80 Å². The van der Waals surface area contributed by atoms with E-state index in [0.29, 0.717) is 17.8 Å². The number of nitrogens with one attached hydrogen (secondary N) is 3. The molecule has 0 saturated carbocycles. The Morgan fingerprint density at radius 1 is 1.16 bits per heavy atom. The Hall–Kier alpha value is -4.11. The van der Waals surface area contributed by atoms with Crippen LogP contribution in [-0.4, -0.2) is 72.8 Å². The van der Waals surface area contributed by atoms with E-state index in [-0.39, 0.29) is 11.9 Å². The van der Waals surface area contributed by atoms with Crippen molar-refractivity contribution < 1.29 is 4.79 Å². The predicted molar refractivity (Wildman–Crippen MR) is 149 cm³/mol. The smallest absolute Gasteiger partial charge is 0.261 e. The number of carbonyl (C=O) groups is 1. The molecule has 9 heteroatoms. The van der Waals surface area contributed by atoms with Gasteiger partial charge in [-0.15, -0.1) is 0 Å². The summed E-state index contributed by atoms with van der Waals surface area (Å²) in [5.41, 5.74) is 6.12. The zero-order valence-corrected chi connectivity index (χ0v) is 21.7. The van der Waals surface area contributed by atoms with E-state index >= 15 is 0 Å². The summed E-state index contributed by atoms with van der Waals surface area (Å²) in [6.45, 7) is 9.71. The van der Waals surface area contributed by atoms with Crippen LogP contribution in [0.4, 0.5) is 5.69 Å². The minimum atomic E-state index is -0.212. The summed E-state index contributed by atoms with van der Waals surface area (Å²) in [6.07, 6.45) is 2.28. The number of hydrazone groups is 1. The number of likely N-dealkylation sites (N-methyl/N-ethyl adjacent to an activating group) is 1. The zero-order chi connectivity index (χ0) is 25.9. The molecule has 1 unspecified atom stereocenters. The van der Waals surface area contributed by atoms with Gasteiger partial charge >= 0.3 is 0 Å². The number of imidazole rings is 1. The summed E-state index contributed by atoms with van der Waals surface area (Å²) in [5, 5.41) is 12.1. The van der Waals surface area contributed by atoms with Gasteiger partial charge in [0.15, 0.2) is 0 Å². The topological polar surface area (TPSA) is 91.9 Å². The van der Waals surface area contributed by atoms with E-state index in [1.54, 1.807) is 18.3 Å². The normalized spacial score (nSPS) is 18.7. The Morgan fingerprint density at radius 2 is 1.92 bits per heavy atom. The summed E-state index contributed by atoms with van der Waals surface area (Å²) in [6, 6.07) is 16.5.